The molecule has 146 valence electrons. The molecule has 1 aliphatic rings. The summed E-state index contributed by atoms with van der Waals surface area (Å²) in [4.78, 5) is 16.5. The van der Waals surface area contributed by atoms with Crippen molar-refractivity contribution < 1.29 is 9.90 Å². The first kappa shape index (κ1) is 19.4. The third-order valence-corrected chi connectivity index (χ3v) is 5.64. The zero-order valence-corrected chi connectivity index (χ0v) is 16.6. The number of carbonyl (C=O) groups is 1. The minimum Gasteiger partial charge on any atom is -0.378 e. The predicted molar refractivity (Wildman–Crippen MR) is 115 cm³/mol. The van der Waals surface area contributed by atoms with Gasteiger partial charge in [-0.15, -0.1) is 0 Å². The Morgan fingerprint density at radius 3 is 2.83 bits per heavy atom. The Hall–Kier alpha value is -2.87. The highest BCUT2D eigenvalue weighted by Crippen LogP contribution is 2.38. The Morgan fingerprint density at radius 2 is 2.03 bits per heavy atom. The van der Waals surface area contributed by atoms with Crippen LogP contribution in [-0.4, -0.2) is 21.6 Å². The normalized spacial score (nSPS) is 21.4. The van der Waals surface area contributed by atoms with E-state index in [1.54, 1.807) is 12.1 Å². The van der Waals surface area contributed by atoms with Crippen LogP contribution >= 0.6 is 11.6 Å². The zero-order valence-electron chi connectivity index (χ0n) is 15.9. The first-order valence-electron chi connectivity index (χ1n) is 9.64. The maximum Gasteiger partial charge on any atom is 0.267 e. The van der Waals surface area contributed by atoms with E-state index in [4.69, 9.17) is 17.3 Å². The van der Waals surface area contributed by atoms with Crippen molar-refractivity contribution in [2.45, 2.75) is 37.2 Å². The largest absolute Gasteiger partial charge is 0.378 e. The van der Waals surface area contributed by atoms with Crippen LogP contribution in [0.1, 0.15) is 53.3 Å². The van der Waals surface area contributed by atoms with Gasteiger partial charge in [-0.05, 0) is 55.3 Å². The standard InChI is InChI=1S/C24H21ClN2O2/c25-19-8-3-5-16(13-19)10-12-24(29)11-4-7-18(15-24)21-14-17-6-1-2-9-20(17)22(27-21)23(26)28/h1-3,5-6,8-9,13-14,18,29H,4,7,11,15H2,(H2,26,28)/t18-,24+/m0/s1. The molecule has 0 aliphatic heterocycles. The van der Waals surface area contributed by atoms with Crippen LogP contribution in [0.5, 0.6) is 0 Å². The highest BCUT2D eigenvalue weighted by molar-refractivity contribution is 6.30. The number of fused-ring (bicyclic) bond motifs is 1. The molecule has 0 saturated heterocycles. The summed E-state index contributed by atoms with van der Waals surface area (Å²) < 4.78 is 0. The topological polar surface area (TPSA) is 76.2 Å². The number of amides is 1. The summed E-state index contributed by atoms with van der Waals surface area (Å²) in [6.07, 6.45) is 2.77. The second-order valence-electron chi connectivity index (χ2n) is 7.57. The lowest BCUT2D eigenvalue weighted by Crippen LogP contribution is -2.33. The van der Waals surface area contributed by atoms with Crippen LogP contribution in [0.3, 0.4) is 0 Å². The van der Waals surface area contributed by atoms with Gasteiger partial charge in [0.15, 0.2) is 0 Å². The molecule has 1 aliphatic carbocycles. The molecule has 4 nitrogen and oxygen atoms in total. The molecule has 4 rings (SSSR count). The van der Waals surface area contributed by atoms with Gasteiger partial charge in [-0.3, -0.25) is 4.79 Å². The summed E-state index contributed by atoms with van der Waals surface area (Å²) in [5, 5.41) is 13.4. The molecular formula is C24H21ClN2O2. The third-order valence-electron chi connectivity index (χ3n) is 5.40. The van der Waals surface area contributed by atoms with Gasteiger partial charge < -0.3 is 10.8 Å². The van der Waals surface area contributed by atoms with Crippen molar-refractivity contribution in [3.05, 3.63) is 76.6 Å². The summed E-state index contributed by atoms with van der Waals surface area (Å²) in [7, 11) is 0. The Morgan fingerprint density at radius 1 is 1.21 bits per heavy atom. The van der Waals surface area contributed by atoms with Gasteiger partial charge in [0.25, 0.3) is 5.91 Å². The van der Waals surface area contributed by atoms with E-state index >= 15 is 0 Å². The third kappa shape index (κ3) is 4.27. The second-order valence-corrected chi connectivity index (χ2v) is 8.00. The second kappa shape index (κ2) is 7.87. The number of primary amides is 1. The van der Waals surface area contributed by atoms with Gasteiger partial charge in [0.05, 0.1) is 0 Å². The molecule has 0 bridgehead atoms. The van der Waals surface area contributed by atoms with Crippen LogP contribution in [0.2, 0.25) is 5.02 Å². The van der Waals surface area contributed by atoms with Crippen LogP contribution < -0.4 is 5.73 Å². The molecule has 3 aromatic rings. The van der Waals surface area contributed by atoms with E-state index in [1.165, 1.54) is 0 Å². The van der Waals surface area contributed by atoms with Crippen molar-refractivity contribution in [1.82, 2.24) is 4.98 Å². The van der Waals surface area contributed by atoms with E-state index in [0.29, 0.717) is 17.9 Å². The lowest BCUT2D eigenvalue weighted by Gasteiger charge is -2.33. The number of benzene rings is 2. The lowest BCUT2D eigenvalue weighted by molar-refractivity contribution is 0.0514. The van der Waals surface area contributed by atoms with E-state index in [9.17, 15) is 9.90 Å². The van der Waals surface area contributed by atoms with Gasteiger partial charge in [0, 0.05) is 27.6 Å². The van der Waals surface area contributed by atoms with Gasteiger partial charge >= 0.3 is 0 Å². The van der Waals surface area contributed by atoms with Crippen molar-refractivity contribution in [1.29, 1.82) is 0 Å². The fourth-order valence-corrected chi connectivity index (χ4v) is 4.18. The summed E-state index contributed by atoms with van der Waals surface area (Å²) in [5.41, 5.74) is 6.29. The van der Waals surface area contributed by atoms with Crippen LogP contribution in [0.4, 0.5) is 0 Å². The first-order chi connectivity index (χ1) is 13.9. The zero-order chi connectivity index (χ0) is 20.4. The Kier molecular flexibility index (Phi) is 5.27. The predicted octanol–water partition coefficient (Wildman–Crippen LogP) is 4.43. The van der Waals surface area contributed by atoms with Gasteiger partial charge in [-0.25, -0.2) is 4.98 Å². The van der Waals surface area contributed by atoms with Crippen molar-refractivity contribution in [2.75, 3.05) is 0 Å². The molecule has 1 saturated carbocycles. The lowest BCUT2D eigenvalue weighted by atomic mass is 9.76. The average molecular weight is 405 g/mol. The molecule has 0 spiro atoms. The molecule has 1 fully saturated rings. The number of halogens is 1. The first-order valence-corrected chi connectivity index (χ1v) is 10.0. The van der Waals surface area contributed by atoms with Crippen LogP contribution in [0.25, 0.3) is 10.8 Å². The van der Waals surface area contributed by atoms with E-state index < -0.39 is 11.5 Å². The maximum absolute atomic E-state index is 11.9. The quantitative estimate of drug-likeness (QED) is 0.620. The number of carbonyl (C=O) groups excluding carboxylic acids is 1. The number of hydrogen-bond acceptors (Lipinski definition) is 3. The monoisotopic (exact) mass is 404 g/mol. The van der Waals surface area contributed by atoms with Crippen LogP contribution in [0.15, 0.2) is 54.6 Å². The Balaban J connectivity index is 1.66. The number of aliphatic hydroxyl groups is 1. The van der Waals surface area contributed by atoms with Gasteiger partial charge in [0.2, 0.25) is 0 Å². The Bertz CT molecular complexity index is 1150. The summed E-state index contributed by atoms with van der Waals surface area (Å²) in [6, 6.07) is 16.8. The molecule has 0 radical (unpaired) electrons. The van der Waals surface area contributed by atoms with Crippen molar-refractivity contribution in [3.8, 4) is 11.8 Å². The molecule has 2 aromatic carbocycles. The summed E-state index contributed by atoms with van der Waals surface area (Å²) >= 11 is 6.02. The molecule has 1 aromatic heterocycles. The number of nitrogens with zero attached hydrogens (tertiary/aromatic N) is 1. The number of nitrogens with two attached hydrogens (primary N) is 1. The average Bonchev–Trinajstić information content (AvgIpc) is 2.71. The van der Waals surface area contributed by atoms with E-state index in [2.05, 4.69) is 16.8 Å². The van der Waals surface area contributed by atoms with Crippen LogP contribution in [0, 0.1) is 11.8 Å². The Labute approximate surface area is 174 Å². The molecule has 3 N–H and O–H groups in total. The summed E-state index contributed by atoms with van der Waals surface area (Å²) in [6.45, 7) is 0. The van der Waals surface area contributed by atoms with Crippen molar-refractivity contribution >= 4 is 28.3 Å². The molecular weight excluding hydrogens is 384 g/mol. The minimum atomic E-state index is -1.11. The number of pyridine rings is 1. The number of hydrogen-bond donors (Lipinski definition) is 2. The van der Waals surface area contributed by atoms with Crippen molar-refractivity contribution in [3.63, 3.8) is 0 Å². The number of rotatable bonds is 2. The SMILES string of the molecule is NC(=O)c1nc([C@H]2CCC[C@@](O)(C#Cc3cccc(Cl)c3)C2)cc2ccccc12. The number of aromatic nitrogens is 1. The molecule has 29 heavy (non-hydrogen) atoms. The highest BCUT2D eigenvalue weighted by atomic mass is 35.5. The molecule has 2 atom stereocenters. The molecule has 0 unspecified atom stereocenters. The minimum absolute atomic E-state index is 0.00474. The fraction of sp³-hybridized carbons (Fsp3) is 0.250. The van der Waals surface area contributed by atoms with Gasteiger partial charge in [-0.1, -0.05) is 53.8 Å². The maximum atomic E-state index is 11.9. The van der Waals surface area contributed by atoms with Gasteiger partial charge in [0.1, 0.15) is 11.3 Å². The van der Waals surface area contributed by atoms with E-state index in [0.717, 1.165) is 34.9 Å². The van der Waals surface area contributed by atoms with E-state index in [-0.39, 0.29) is 11.6 Å². The smallest absolute Gasteiger partial charge is 0.267 e. The molecule has 1 amide bonds. The van der Waals surface area contributed by atoms with Gasteiger partial charge in [-0.2, -0.15) is 0 Å². The molecule has 5 heteroatoms. The fourth-order valence-electron chi connectivity index (χ4n) is 3.99. The van der Waals surface area contributed by atoms with E-state index in [1.807, 2.05) is 42.5 Å². The highest BCUT2D eigenvalue weighted by Gasteiger charge is 2.34. The van der Waals surface area contributed by atoms with Crippen LogP contribution in [-0.2, 0) is 0 Å². The van der Waals surface area contributed by atoms with Crippen molar-refractivity contribution in [2.24, 2.45) is 5.73 Å². The molecule has 1 heterocycles. The summed E-state index contributed by atoms with van der Waals surface area (Å²) in [5.74, 6) is 5.55.